The lowest BCUT2D eigenvalue weighted by atomic mass is 9.45. The summed E-state index contributed by atoms with van der Waals surface area (Å²) in [5.41, 5.74) is 1.36. The molecule has 2 heteroatoms. The van der Waals surface area contributed by atoms with E-state index < -0.39 is 11.4 Å². The molecule has 3 aliphatic rings. The molecule has 2 fully saturated rings. The van der Waals surface area contributed by atoms with Gasteiger partial charge in [0.25, 0.3) is 0 Å². The highest BCUT2D eigenvalue weighted by Crippen LogP contribution is 2.63. The molecule has 0 aromatic carbocycles. The van der Waals surface area contributed by atoms with E-state index in [0.29, 0.717) is 11.8 Å². The first-order valence-electron chi connectivity index (χ1n) is 8.84. The quantitative estimate of drug-likeness (QED) is 0.711. The van der Waals surface area contributed by atoms with Gasteiger partial charge < -0.3 is 5.11 Å². The maximum atomic E-state index is 12.0. The van der Waals surface area contributed by atoms with E-state index in [1.165, 1.54) is 12.8 Å². The smallest absolute Gasteiger partial charge is 0.309 e. The van der Waals surface area contributed by atoms with Crippen LogP contribution in [0.4, 0.5) is 0 Å². The lowest BCUT2D eigenvalue weighted by Crippen LogP contribution is -2.54. The van der Waals surface area contributed by atoms with Gasteiger partial charge in [0.2, 0.25) is 0 Å². The predicted molar refractivity (Wildman–Crippen MR) is 89.5 cm³/mol. The molecule has 0 amide bonds. The average Bonchev–Trinajstić information content (AvgIpc) is 2.46. The molecular formula is C20H30O2. The number of hydrogen-bond acceptors (Lipinski definition) is 1. The molecule has 1 N–H and O–H groups in total. The highest BCUT2D eigenvalue weighted by atomic mass is 16.4. The predicted octanol–water partition coefficient (Wildman–Crippen LogP) is 5.21. The number of rotatable bonds is 2. The van der Waals surface area contributed by atoms with Crippen LogP contribution < -0.4 is 0 Å². The van der Waals surface area contributed by atoms with E-state index in [2.05, 4.69) is 32.6 Å². The fourth-order valence-electron chi connectivity index (χ4n) is 5.94. The van der Waals surface area contributed by atoms with E-state index in [4.69, 9.17) is 0 Å². The molecule has 3 aliphatic carbocycles. The Morgan fingerprint density at radius 3 is 2.64 bits per heavy atom. The summed E-state index contributed by atoms with van der Waals surface area (Å²) in [6.45, 7) is 10.7. The van der Waals surface area contributed by atoms with Gasteiger partial charge in [-0.1, -0.05) is 38.0 Å². The van der Waals surface area contributed by atoms with E-state index in [1.807, 2.05) is 6.92 Å². The van der Waals surface area contributed by atoms with Gasteiger partial charge in [-0.3, -0.25) is 4.79 Å². The minimum Gasteiger partial charge on any atom is -0.481 e. The Bertz CT molecular complexity index is 534. The molecule has 3 rings (SSSR count). The third-order valence-corrected chi connectivity index (χ3v) is 7.38. The van der Waals surface area contributed by atoms with E-state index in [0.717, 1.165) is 32.1 Å². The number of carboxylic acid groups (broad SMARTS) is 1. The van der Waals surface area contributed by atoms with Gasteiger partial charge >= 0.3 is 5.97 Å². The molecule has 0 saturated heterocycles. The van der Waals surface area contributed by atoms with Gasteiger partial charge in [0.1, 0.15) is 0 Å². The molecule has 0 aromatic heterocycles. The Morgan fingerprint density at radius 1 is 1.27 bits per heavy atom. The normalized spacial score (nSPS) is 47.9. The number of hydrogen-bond donors (Lipinski definition) is 1. The van der Waals surface area contributed by atoms with Gasteiger partial charge in [0.15, 0.2) is 0 Å². The maximum absolute atomic E-state index is 12.0. The molecule has 0 heterocycles. The third-order valence-electron chi connectivity index (χ3n) is 7.38. The maximum Gasteiger partial charge on any atom is 0.309 e. The first-order valence-corrected chi connectivity index (χ1v) is 8.84. The van der Waals surface area contributed by atoms with Crippen molar-refractivity contribution in [3.05, 3.63) is 24.3 Å². The van der Waals surface area contributed by atoms with E-state index >= 15 is 0 Å². The summed E-state index contributed by atoms with van der Waals surface area (Å²) in [5.74, 6) is 0.322. The minimum absolute atomic E-state index is 0.139. The molecule has 0 unspecified atom stereocenters. The Labute approximate surface area is 134 Å². The SMILES string of the molecule is C=C[C@]1(C)C=C2CC[C@@H]3[C@](C)(CCC[C@]3(C)C(=O)O)[C@H]2CC1. The Hall–Kier alpha value is -1.05. The second-order valence-electron chi connectivity index (χ2n) is 8.69. The van der Waals surface area contributed by atoms with Crippen molar-refractivity contribution in [3.8, 4) is 0 Å². The zero-order valence-corrected chi connectivity index (χ0v) is 14.3. The summed E-state index contributed by atoms with van der Waals surface area (Å²) in [6.07, 6.45) is 12.1. The van der Waals surface area contributed by atoms with Crippen LogP contribution in [0.15, 0.2) is 24.3 Å². The van der Waals surface area contributed by atoms with Crippen LogP contribution in [0.3, 0.4) is 0 Å². The monoisotopic (exact) mass is 302 g/mol. The third kappa shape index (κ3) is 2.10. The first-order chi connectivity index (χ1) is 10.3. The second-order valence-corrected chi connectivity index (χ2v) is 8.69. The van der Waals surface area contributed by atoms with E-state index in [-0.39, 0.29) is 10.8 Å². The van der Waals surface area contributed by atoms with Crippen molar-refractivity contribution in [2.24, 2.45) is 28.1 Å². The number of carbonyl (C=O) groups is 1. The lowest BCUT2D eigenvalue weighted by molar-refractivity contribution is -0.164. The summed E-state index contributed by atoms with van der Waals surface area (Å²) in [6, 6.07) is 0. The van der Waals surface area contributed by atoms with E-state index in [1.54, 1.807) is 5.57 Å². The second kappa shape index (κ2) is 4.97. The summed E-state index contributed by atoms with van der Waals surface area (Å²) in [7, 11) is 0. The number of aliphatic carboxylic acids is 1. The fourth-order valence-corrected chi connectivity index (χ4v) is 5.94. The van der Waals surface area contributed by atoms with Gasteiger partial charge in [-0.25, -0.2) is 0 Å². The van der Waals surface area contributed by atoms with Crippen molar-refractivity contribution in [2.45, 2.75) is 65.7 Å². The molecule has 122 valence electrons. The van der Waals surface area contributed by atoms with Crippen molar-refractivity contribution in [1.29, 1.82) is 0 Å². The molecule has 0 bridgehead atoms. The zero-order valence-electron chi connectivity index (χ0n) is 14.3. The van der Waals surface area contributed by atoms with Crippen LogP contribution in [0.25, 0.3) is 0 Å². The van der Waals surface area contributed by atoms with Gasteiger partial charge in [0.05, 0.1) is 5.41 Å². The molecule has 0 aromatic rings. The van der Waals surface area contributed by atoms with Crippen LogP contribution in [0.1, 0.15) is 65.7 Å². The highest BCUT2D eigenvalue weighted by Gasteiger charge is 2.58. The fraction of sp³-hybridized carbons (Fsp3) is 0.750. The van der Waals surface area contributed by atoms with Crippen molar-refractivity contribution in [1.82, 2.24) is 0 Å². The standard InChI is InChI=1S/C20H30O2/c1-5-18(2)12-9-15-14(13-18)7-8-16-19(15,3)10-6-11-20(16,4)17(21)22/h5,13,15-16H,1,6-12H2,2-4H3,(H,21,22)/t15-,16+,18-,19+,20-/m0/s1. The van der Waals surface area contributed by atoms with Crippen LogP contribution in [0, 0.1) is 28.1 Å². The van der Waals surface area contributed by atoms with Crippen LogP contribution in [0.5, 0.6) is 0 Å². The summed E-state index contributed by atoms with van der Waals surface area (Å²) >= 11 is 0. The largest absolute Gasteiger partial charge is 0.481 e. The molecule has 2 saturated carbocycles. The number of allylic oxidation sites excluding steroid dienone is 3. The molecular weight excluding hydrogens is 272 g/mol. The topological polar surface area (TPSA) is 37.3 Å². The van der Waals surface area contributed by atoms with Gasteiger partial charge in [-0.05, 0) is 62.7 Å². The molecule has 0 aliphatic heterocycles. The van der Waals surface area contributed by atoms with Crippen LogP contribution in [-0.2, 0) is 4.79 Å². The van der Waals surface area contributed by atoms with E-state index in [9.17, 15) is 9.90 Å². The van der Waals surface area contributed by atoms with Crippen molar-refractivity contribution in [3.63, 3.8) is 0 Å². The highest BCUT2D eigenvalue weighted by molar-refractivity contribution is 5.75. The summed E-state index contributed by atoms with van der Waals surface area (Å²) < 4.78 is 0. The Balaban J connectivity index is 1.99. The van der Waals surface area contributed by atoms with Gasteiger partial charge in [-0.2, -0.15) is 0 Å². The first kappa shape index (κ1) is 15.8. The molecule has 0 radical (unpaired) electrons. The van der Waals surface area contributed by atoms with Crippen molar-refractivity contribution < 1.29 is 9.90 Å². The molecule has 22 heavy (non-hydrogen) atoms. The lowest BCUT2D eigenvalue weighted by Gasteiger charge is -2.59. The molecule has 0 spiro atoms. The van der Waals surface area contributed by atoms with Gasteiger partial charge in [0, 0.05) is 5.41 Å². The Morgan fingerprint density at radius 2 is 2.00 bits per heavy atom. The molecule has 2 nitrogen and oxygen atoms in total. The zero-order chi connectivity index (χ0) is 16.2. The number of carboxylic acids is 1. The van der Waals surface area contributed by atoms with Crippen LogP contribution >= 0.6 is 0 Å². The average molecular weight is 302 g/mol. The summed E-state index contributed by atoms with van der Waals surface area (Å²) in [4.78, 5) is 12.0. The van der Waals surface area contributed by atoms with Crippen LogP contribution in [-0.4, -0.2) is 11.1 Å². The minimum atomic E-state index is -0.581. The van der Waals surface area contributed by atoms with Crippen molar-refractivity contribution in [2.75, 3.05) is 0 Å². The summed E-state index contributed by atoms with van der Waals surface area (Å²) in [5, 5.41) is 9.84. The molecule has 5 atom stereocenters. The Kier molecular flexibility index (Phi) is 3.58. The number of fused-ring (bicyclic) bond motifs is 3. The van der Waals surface area contributed by atoms with Gasteiger partial charge in [-0.15, -0.1) is 6.58 Å². The van der Waals surface area contributed by atoms with Crippen LogP contribution in [0.2, 0.25) is 0 Å². The van der Waals surface area contributed by atoms with Crippen molar-refractivity contribution >= 4 is 5.97 Å².